The molecule has 4 heterocycles. The van der Waals surface area contributed by atoms with Crippen molar-refractivity contribution >= 4 is 17.3 Å². The van der Waals surface area contributed by atoms with Crippen LogP contribution in [0.15, 0.2) is 36.9 Å². The molecular formula is C21H26N8. The van der Waals surface area contributed by atoms with Gasteiger partial charge in [0.25, 0.3) is 0 Å². The van der Waals surface area contributed by atoms with Crippen LogP contribution in [0.3, 0.4) is 0 Å². The molecule has 1 N–H and O–H groups in total. The minimum Gasteiger partial charge on any atom is -0.325 e. The second-order valence-corrected chi connectivity index (χ2v) is 7.75. The first kappa shape index (κ1) is 17.9. The molecule has 5 rings (SSSR count). The first-order valence-electron chi connectivity index (χ1n) is 10.4. The molecule has 29 heavy (non-hydrogen) atoms. The Morgan fingerprint density at radius 2 is 1.93 bits per heavy atom. The lowest BCUT2D eigenvalue weighted by molar-refractivity contribution is 0.437. The minimum absolute atomic E-state index is 0.502. The molecule has 1 aliphatic rings. The summed E-state index contributed by atoms with van der Waals surface area (Å²) in [4.78, 5) is 5.08. The quantitative estimate of drug-likeness (QED) is 0.554. The molecule has 0 bridgehead atoms. The van der Waals surface area contributed by atoms with Crippen molar-refractivity contribution in [3.05, 3.63) is 42.6 Å². The van der Waals surface area contributed by atoms with Crippen LogP contribution in [0.4, 0.5) is 11.6 Å². The van der Waals surface area contributed by atoms with Gasteiger partial charge in [0.2, 0.25) is 0 Å². The Morgan fingerprint density at radius 3 is 2.69 bits per heavy atom. The van der Waals surface area contributed by atoms with E-state index in [-0.39, 0.29) is 0 Å². The van der Waals surface area contributed by atoms with E-state index in [2.05, 4.69) is 33.6 Å². The Balaban J connectivity index is 1.64. The molecule has 150 valence electrons. The number of rotatable bonds is 5. The summed E-state index contributed by atoms with van der Waals surface area (Å²) in [6, 6.07) is 4.15. The Bertz CT molecular complexity index is 1130. The fourth-order valence-corrected chi connectivity index (χ4v) is 4.26. The van der Waals surface area contributed by atoms with Gasteiger partial charge in [0.15, 0.2) is 5.65 Å². The molecule has 1 saturated carbocycles. The van der Waals surface area contributed by atoms with Crippen LogP contribution in [0.25, 0.3) is 16.8 Å². The lowest BCUT2D eigenvalue weighted by Crippen LogP contribution is -2.11. The monoisotopic (exact) mass is 390 g/mol. The average molecular weight is 390 g/mol. The number of anilines is 2. The van der Waals surface area contributed by atoms with Crippen molar-refractivity contribution < 1.29 is 0 Å². The van der Waals surface area contributed by atoms with Gasteiger partial charge >= 0.3 is 0 Å². The fourth-order valence-electron chi connectivity index (χ4n) is 4.26. The molecule has 0 unspecified atom stereocenters. The predicted octanol–water partition coefficient (Wildman–Crippen LogP) is 4.14. The SMILES string of the molecule is CCn1nccc1Nc1cc(C2CCCCC2)nc2c(-c3cnn(C)c3)cnn12. The smallest absolute Gasteiger partial charge is 0.165 e. The van der Waals surface area contributed by atoms with Gasteiger partial charge in [-0.1, -0.05) is 19.3 Å². The molecule has 0 aromatic carbocycles. The van der Waals surface area contributed by atoms with Gasteiger partial charge in [-0.2, -0.15) is 19.8 Å². The highest BCUT2D eigenvalue weighted by Gasteiger charge is 2.21. The second kappa shape index (κ2) is 7.35. The summed E-state index contributed by atoms with van der Waals surface area (Å²) in [5, 5.41) is 16.9. The fraction of sp³-hybridized carbons (Fsp3) is 0.429. The second-order valence-electron chi connectivity index (χ2n) is 7.75. The minimum atomic E-state index is 0.502. The van der Waals surface area contributed by atoms with E-state index in [0.29, 0.717) is 5.92 Å². The van der Waals surface area contributed by atoms with Gasteiger partial charge in [-0.3, -0.25) is 4.68 Å². The predicted molar refractivity (Wildman–Crippen MR) is 112 cm³/mol. The first-order chi connectivity index (χ1) is 14.2. The number of nitrogens with one attached hydrogen (secondary N) is 1. The van der Waals surface area contributed by atoms with E-state index >= 15 is 0 Å². The summed E-state index contributed by atoms with van der Waals surface area (Å²) in [6.45, 7) is 2.89. The molecule has 0 saturated heterocycles. The van der Waals surface area contributed by atoms with E-state index in [1.165, 1.54) is 32.1 Å². The van der Waals surface area contributed by atoms with Gasteiger partial charge in [0.05, 0.1) is 18.6 Å². The Hall–Kier alpha value is -3.16. The van der Waals surface area contributed by atoms with Gasteiger partial charge in [-0.15, -0.1) is 0 Å². The summed E-state index contributed by atoms with van der Waals surface area (Å²) in [5.41, 5.74) is 4.04. The third-order valence-electron chi connectivity index (χ3n) is 5.80. The maximum Gasteiger partial charge on any atom is 0.165 e. The molecule has 1 aliphatic carbocycles. The highest BCUT2D eigenvalue weighted by Crippen LogP contribution is 2.35. The van der Waals surface area contributed by atoms with Gasteiger partial charge in [-0.05, 0) is 19.8 Å². The first-order valence-corrected chi connectivity index (χ1v) is 10.4. The van der Waals surface area contributed by atoms with Crippen LogP contribution in [0.2, 0.25) is 0 Å². The van der Waals surface area contributed by atoms with Crippen LogP contribution in [0, 0.1) is 0 Å². The molecule has 4 aromatic rings. The third kappa shape index (κ3) is 3.28. The van der Waals surface area contributed by atoms with E-state index in [1.54, 1.807) is 0 Å². The molecule has 4 aromatic heterocycles. The third-order valence-corrected chi connectivity index (χ3v) is 5.80. The number of hydrogen-bond acceptors (Lipinski definition) is 5. The van der Waals surface area contributed by atoms with Gasteiger partial charge in [0, 0.05) is 54.7 Å². The van der Waals surface area contributed by atoms with Crippen molar-refractivity contribution in [3.63, 3.8) is 0 Å². The Kier molecular flexibility index (Phi) is 4.54. The molecule has 0 radical (unpaired) electrons. The summed E-state index contributed by atoms with van der Waals surface area (Å²) in [7, 11) is 1.93. The lowest BCUT2D eigenvalue weighted by atomic mass is 9.87. The van der Waals surface area contributed by atoms with Crippen LogP contribution >= 0.6 is 0 Å². The molecule has 0 spiro atoms. The zero-order valence-electron chi connectivity index (χ0n) is 16.9. The lowest BCUT2D eigenvalue weighted by Gasteiger charge is -2.22. The summed E-state index contributed by atoms with van der Waals surface area (Å²) < 4.78 is 5.64. The Labute approximate surface area is 169 Å². The normalized spacial score (nSPS) is 15.2. The van der Waals surface area contributed by atoms with Crippen LogP contribution in [-0.2, 0) is 13.6 Å². The summed E-state index contributed by atoms with van der Waals surface area (Å²) in [5.74, 6) is 2.37. The van der Waals surface area contributed by atoms with Crippen LogP contribution in [0.1, 0.15) is 50.6 Å². The van der Waals surface area contributed by atoms with E-state index in [0.717, 1.165) is 40.6 Å². The maximum atomic E-state index is 5.08. The molecule has 8 heteroatoms. The average Bonchev–Trinajstić information content (AvgIpc) is 3.48. The topological polar surface area (TPSA) is 77.9 Å². The van der Waals surface area contributed by atoms with Gasteiger partial charge < -0.3 is 5.32 Å². The highest BCUT2D eigenvalue weighted by atomic mass is 15.4. The summed E-state index contributed by atoms with van der Waals surface area (Å²) >= 11 is 0. The number of aryl methyl sites for hydroxylation is 2. The van der Waals surface area contributed by atoms with E-state index in [1.807, 2.05) is 51.8 Å². The summed E-state index contributed by atoms with van der Waals surface area (Å²) in [6.07, 6.45) is 13.8. The van der Waals surface area contributed by atoms with E-state index in [9.17, 15) is 0 Å². The Morgan fingerprint density at radius 1 is 1.07 bits per heavy atom. The maximum absolute atomic E-state index is 5.08. The zero-order chi connectivity index (χ0) is 19.8. The standard InChI is InChI=1S/C21H26N8/c1-3-28-19(9-10-22-28)26-20-11-18(15-7-5-4-6-8-15)25-21-17(13-24-29(20)21)16-12-23-27(2)14-16/h9-15,26H,3-8H2,1-2H3. The zero-order valence-corrected chi connectivity index (χ0v) is 16.9. The number of fused-ring (bicyclic) bond motifs is 1. The molecule has 0 atom stereocenters. The van der Waals surface area contributed by atoms with E-state index in [4.69, 9.17) is 4.98 Å². The number of nitrogens with zero attached hydrogens (tertiary/aromatic N) is 7. The highest BCUT2D eigenvalue weighted by molar-refractivity contribution is 5.78. The van der Waals surface area contributed by atoms with Gasteiger partial charge in [-0.25, -0.2) is 9.67 Å². The number of hydrogen-bond donors (Lipinski definition) is 1. The largest absolute Gasteiger partial charge is 0.325 e. The van der Waals surface area contributed by atoms with Crippen LogP contribution in [0.5, 0.6) is 0 Å². The van der Waals surface area contributed by atoms with Crippen molar-refractivity contribution in [2.75, 3.05) is 5.32 Å². The van der Waals surface area contributed by atoms with Crippen LogP contribution < -0.4 is 5.32 Å². The van der Waals surface area contributed by atoms with Gasteiger partial charge in [0.1, 0.15) is 11.6 Å². The van der Waals surface area contributed by atoms with Crippen molar-refractivity contribution in [2.45, 2.75) is 51.5 Å². The van der Waals surface area contributed by atoms with Crippen LogP contribution in [-0.4, -0.2) is 34.2 Å². The van der Waals surface area contributed by atoms with Crippen molar-refractivity contribution in [1.29, 1.82) is 0 Å². The number of aromatic nitrogens is 7. The molecule has 8 nitrogen and oxygen atoms in total. The molecule has 0 aliphatic heterocycles. The molecular weight excluding hydrogens is 364 g/mol. The molecule has 1 fully saturated rings. The molecule has 0 amide bonds. The van der Waals surface area contributed by atoms with Crippen molar-refractivity contribution in [1.82, 2.24) is 34.2 Å². The van der Waals surface area contributed by atoms with Crippen molar-refractivity contribution in [2.24, 2.45) is 7.05 Å². The van der Waals surface area contributed by atoms with Crippen molar-refractivity contribution in [3.8, 4) is 11.1 Å². The van der Waals surface area contributed by atoms with E-state index < -0.39 is 0 Å².